The van der Waals surface area contributed by atoms with Gasteiger partial charge in [0.25, 0.3) is 0 Å². The molecule has 2 fully saturated rings. The first-order valence-electron chi connectivity index (χ1n) is 6.90. The lowest BCUT2D eigenvalue weighted by Gasteiger charge is -2.33. The van der Waals surface area contributed by atoms with Gasteiger partial charge >= 0.3 is 0 Å². The molecule has 17 heavy (non-hydrogen) atoms. The zero-order valence-corrected chi connectivity index (χ0v) is 11.0. The molecule has 0 aromatic carbocycles. The highest BCUT2D eigenvalue weighted by Gasteiger charge is 2.35. The smallest absolute Gasteiger partial charge is 0.0702 e. The molecule has 0 spiro atoms. The van der Waals surface area contributed by atoms with Crippen molar-refractivity contribution < 1.29 is 9.47 Å². The van der Waals surface area contributed by atoms with Crippen LogP contribution in [0.25, 0.3) is 0 Å². The lowest BCUT2D eigenvalue weighted by Crippen LogP contribution is -2.45. The molecule has 2 N–H and O–H groups in total. The highest BCUT2D eigenvalue weighted by atomic mass is 16.5. The number of ether oxygens (including phenoxy) is 2. The lowest BCUT2D eigenvalue weighted by atomic mass is 9.86. The Balaban J connectivity index is 1.84. The van der Waals surface area contributed by atoms with Crippen LogP contribution in [0.3, 0.4) is 0 Å². The number of nitrogens with two attached hydrogens (primary N) is 1. The first-order chi connectivity index (χ1) is 8.28. The summed E-state index contributed by atoms with van der Waals surface area (Å²) < 4.78 is 11.2. The van der Waals surface area contributed by atoms with E-state index < -0.39 is 0 Å². The van der Waals surface area contributed by atoms with Crippen molar-refractivity contribution in [3.8, 4) is 0 Å². The van der Waals surface area contributed by atoms with Gasteiger partial charge in [-0.25, -0.2) is 0 Å². The maximum Gasteiger partial charge on any atom is 0.0702 e. The van der Waals surface area contributed by atoms with Crippen LogP contribution in [0.2, 0.25) is 0 Å². The van der Waals surface area contributed by atoms with Gasteiger partial charge in [0.1, 0.15) is 0 Å². The molecule has 2 unspecified atom stereocenters. The van der Waals surface area contributed by atoms with Gasteiger partial charge in [0, 0.05) is 38.3 Å². The van der Waals surface area contributed by atoms with E-state index in [4.69, 9.17) is 15.2 Å². The molecule has 0 aliphatic carbocycles. The van der Waals surface area contributed by atoms with E-state index in [1.807, 2.05) is 0 Å². The molecule has 2 atom stereocenters. The third-order valence-corrected chi connectivity index (χ3v) is 4.11. The fourth-order valence-electron chi connectivity index (χ4n) is 2.86. The molecule has 0 bridgehead atoms. The van der Waals surface area contributed by atoms with Crippen LogP contribution >= 0.6 is 0 Å². The molecule has 2 aliphatic rings. The molecular weight excluding hydrogens is 216 g/mol. The van der Waals surface area contributed by atoms with E-state index in [0.717, 1.165) is 52.4 Å². The highest BCUT2D eigenvalue weighted by molar-refractivity contribution is 4.88. The first-order valence-corrected chi connectivity index (χ1v) is 6.90. The Morgan fingerprint density at radius 2 is 2.29 bits per heavy atom. The van der Waals surface area contributed by atoms with Crippen molar-refractivity contribution in [2.45, 2.75) is 32.3 Å². The summed E-state index contributed by atoms with van der Waals surface area (Å²) >= 11 is 0. The van der Waals surface area contributed by atoms with Gasteiger partial charge in [-0.3, -0.25) is 0 Å². The summed E-state index contributed by atoms with van der Waals surface area (Å²) in [6.45, 7) is 8.76. The van der Waals surface area contributed by atoms with Crippen LogP contribution in [-0.2, 0) is 9.47 Å². The van der Waals surface area contributed by atoms with Gasteiger partial charge in [0.15, 0.2) is 0 Å². The summed E-state index contributed by atoms with van der Waals surface area (Å²) in [6, 6.07) is 0. The Bertz CT molecular complexity index is 223. The lowest BCUT2D eigenvalue weighted by molar-refractivity contribution is 0.0527. The molecule has 2 heterocycles. The van der Waals surface area contributed by atoms with Gasteiger partial charge in [0.05, 0.1) is 12.7 Å². The van der Waals surface area contributed by atoms with Gasteiger partial charge in [-0.1, -0.05) is 6.92 Å². The largest absolute Gasteiger partial charge is 0.381 e. The SMILES string of the molecule is CCN(CC1CCCO1)CC1(CN)CCOC1. The van der Waals surface area contributed by atoms with Crippen LogP contribution < -0.4 is 5.73 Å². The van der Waals surface area contributed by atoms with Gasteiger partial charge in [0.2, 0.25) is 0 Å². The first kappa shape index (κ1) is 13.3. The van der Waals surface area contributed by atoms with Crippen LogP contribution in [0.4, 0.5) is 0 Å². The average Bonchev–Trinajstić information content (AvgIpc) is 3.00. The second kappa shape index (κ2) is 6.14. The number of hydrogen-bond donors (Lipinski definition) is 1. The van der Waals surface area contributed by atoms with Crippen LogP contribution in [0.1, 0.15) is 26.2 Å². The van der Waals surface area contributed by atoms with Crippen LogP contribution in [0, 0.1) is 5.41 Å². The maximum absolute atomic E-state index is 5.94. The maximum atomic E-state index is 5.94. The fraction of sp³-hybridized carbons (Fsp3) is 1.00. The molecule has 2 rings (SSSR count). The molecule has 0 aromatic rings. The Kier molecular flexibility index (Phi) is 4.79. The van der Waals surface area contributed by atoms with Crippen molar-refractivity contribution in [1.82, 2.24) is 4.90 Å². The quantitative estimate of drug-likeness (QED) is 0.750. The van der Waals surface area contributed by atoms with E-state index in [1.165, 1.54) is 12.8 Å². The second-order valence-corrected chi connectivity index (χ2v) is 5.47. The Labute approximate surface area is 104 Å². The highest BCUT2D eigenvalue weighted by Crippen LogP contribution is 2.29. The molecule has 0 saturated carbocycles. The monoisotopic (exact) mass is 242 g/mol. The zero-order valence-electron chi connectivity index (χ0n) is 11.0. The topological polar surface area (TPSA) is 47.7 Å². The van der Waals surface area contributed by atoms with Crippen molar-refractivity contribution in [2.24, 2.45) is 11.1 Å². The molecule has 0 amide bonds. The number of rotatable bonds is 6. The number of hydrogen-bond acceptors (Lipinski definition) is 4. The van der Waals surface area contributed by atoms with Crippen LogP contribution in [0.5, 0.6) is 0 Å². The summed E-state index contributed by atoms with van der Waals surface area (Å²) in [6.07, 6.45) is 3.97. The van der Waals surface area contributed by atoms with Crippen molar-refractivity contribution in [3.05, 3.63) is 0 Å². The number of nitrogens with zero attached hydrogens (tertiary/aromatic N) is 1. The normalized spacial score (nSPS) is 33.7. The predicted octanol–water partition coefficient (Wildman–Crippen LogP) is 0.853. The van der Waals surface area contributed by atoms with Gasteiger partial charge in [-0.05, 0) is 25.8 Å². The summed E-state index contributed by atoms with van der Waals surface area (Å²) in [5.74, 6) is 0. The van der Waals surface area contributed by atoms with Gasteiger partial charge < -0.3 is 20.1 Å². The summed E-state index contributed by atoms with van der Waals surface area (Å²) in [7, 11) is 0. The Morgan fingerprint density at radius 3 is 2.82 bits per heavy atom. The van der Waals surface area contributed by atoms with Gasteiger partial charge in [-0.15, -0.1) is 0 Å². The zero-order chi connectivity index (χ0) is 12.1. The molecule has 2 saturated heterocycles. The molecule has 2 aliphatic heterocycles. The van der Waals surface area contributed by atoms with Crippen molar-refractivity contribution >= 4 is 0 Å². The van der Waals surface area contributed by atoms with E-state index in [9.17, 15) is 0 Å². The van der Waals surface area contributed by atoms with E-state index in [-0.39, 0.29) is 5.41 Å². The van der Waals surface area contributed by atoms with E-state index in [1.54, 1.807) is 0 Å². The molecule has 0 radical (unpaired) electrons. The Morgan fingerprint density at radius 1 is 1.41 bits per heavy atom. The summed E-state index contributed by atoms with van der Waals surface area (Å²) in [5, 5.41) is 0. The minimum atomic E-state index is 0.189. The van der Waals surface area contributed by atoms with Crippen molar-refractivity contribution in [3.63, 3.8) is 0 Å². The standard InChI is InChI=1S/C13H26N2O2/c1-2-15(8-12-4-3-6-17-12)10-13(9-14)5-7-16-11-13/h12H,2-11,14H2,1H3. The molecule has 100 valence electrons. The van der Waals surface area contributed by atoms with E-state index in [2.05, 4.69) is 11.8 Å². The minimum absolute atomic E-state index is 0.189. The van der Waals surface area contributed by atoms with Crippen LogP contribution in [0.15, 0.2) is 0 Å². The van der Waals surface area contributed by atoms with E-state index >= 15 is 0 Å². The summed E-state index contributed by atoms with van der Waals surface area (Å²) in [5.41, 5.74) is 6.13. The molecular formula is C13H26N2O2. The van der Waals surface area contributed by atoms with Gasteiger partial charge in [-0.2, -0.15) is 0 Å². The predicted molar refractivity (Wildman–Crippen MR) is 68.0 cm³/mol. The van der Waals surface area contributed by atoms with Crippen molar-refractivity contribution in [1.29, 1.82) is 0 Å². The summed E-state index contributed by atoms with van der Waals surface area (Å²) in [4.78, 5) is 2.48. The van der Waals surface area contributed by atoms with E-state index in [0.29, 0.717) is 6.10 Å². The fourth-order valence-corrected chi connectivity index (χ4v) is 2.86. The Hall–Kier alpha value is -0.160. The van der Waals surface area contributed by atoms with Crippen molar-refractivity contribution in [2.75, 3.05) is 46.0 Å². The second-order valence-electron chi connectivity index (χ2n) is 5.47. The molecule has 0 aromatic heterocycles. The third-order valence-electron chi connectivity index (χ3n) is 4.11. The third kappa shape index (κ3) is 3.41. The average molecular weight is 242 g/mol. The molecule has 4 nitrogen and oxygen atoms in total. The van der Waals surface area contributed by atoms with Crippen LogP contribution in [-0.4, -0.2) is 57.0 Å². The minimum Gasteiger partial charge on any atom is -0.381 e. The number of likely N-dealkylation sites (N-methyl/N-ethyl adjacent to an activating group) is 1. The molecule has 4 heteroatoms.